The minimum absolute atomic E-state index is 0.0148. The maximum atomic E-state index is 13.8. The number of hydrogen-bond acceptors (Lipinski definition) is 6. The molecule has 144 valence electrons. The number of esters is 2. The van der Waals surface area contributed by atoms with E-state index in [0.717, 1.165) is 12.8 Å². The van der Waals surface area contributed by atoms with E-state index in [4.69, 9.17) is 14.2 Å². The summed E-state index contributed by atoms with van der Waals surface area (Å²) in [6.45, 7) is 1.20. The van der Waals surface area contributed by atoms with Gasteiger partial charge in [0.05, 0.1) is 37.4 Å². The van der Waals surface area contributed by atoms with Gasteiger partial charge in [-0.15, -0.1) is 0 Å². The van der Waals surface area contributed by atoms with E-state index in [1.54, 1.807) is 23.4 Å². The Labute approximate surface area is 157 Å². The number of carbonyl (C=O) groups excluding carboxylic acids is 2. The summed E-state index contributed by atoms with van der Waals surface area (Å²) in [5.74, 6) is -2.41. The van der Waals surface area contributed by atoms with Gasteiger partial charge >= 0.3 is 11.9 Å². The van der Waals surface area contributed by atoms with E-state index in [1.807, 2.05) is 0 Å². The van der Waals surface area contributed by atoms with Crippen molar-refractivity contribution < 1.29 is 28.2 Å². The monoisotopic (exact) mass is 375 g/mol. The number of halogens is 1. The van der Waals surface area contributed by atoms with Crippen molar-refractivity contribution in [1.29, 1.82) is 0 Å². The molecule has 1 aromatic carbocycles. The first-order valence-electron chi connectivity index (χ1n) is 8.76. The maximum Gasteiger partial charge on any atom is 0.336 e. The largest absolute Gasteiger partial charge is 0.466 e. The van der Waals surface area contributed by atoms with Crippen LogP contribution < -0.4 is 0 Å². The third-order valence-corrected chi connectivity index (χ3v) is 4.69. The average Bonchev–Trinajstić information content (AvgIpc) is 3.19. The summed E-state index contributed by atoms with van der Waals surface area (Å²) in [4.78, 5) is 26.6. The Morgan fingerprint density at radius 3 is 2.37 bits per heavy atom. The van der Waals surface area contributed by atoms with Crippen LogP contribution in [0.5, 0.6) is 0 Å². The predicted octanol–water partition coefficient (Wildman–Crippen LogP) is 2.52. The van der Waals surface area contributed by atoms with E-state index >= 15 is 0 Å². The molecule has 0 N–H and O–H groups in total. The summed E-state index contributed by atoms with van der Waals surface area (Å²) in [6, 6.07) is 5.80. The first-order valence-corrected chi connectivity index (χ1v) is 8.76. The van der Waals surface area contributed by atoms with Crippen LogP contribution in [0.3, 0.4) is 0 Å². The zero-order valence-electron chi connectivity index (χ0n) is 15.3. The molecule has 2 aliphatic rings. The second kappa shape index (κ2) is 8.35. The molecule has 0 radical (unpaired) electrons. The van der Waals surface area contributed by atoms with Gasteiger partial charge in [0.25, 0.3) is 0 Å². The average molecular weight is 375 g/mol. The maximum absolute atomic E-state index is 13.8. The first kappa shape index (κ1) is 19.1. The van der Waals surface area contributed by atoms with E-state index in [9.17, 15) is 14.0 Å². The highest BCUT2D eigenvalue weighted by atomic mass is 19.1. The Bertz CT molecular complexity index is 748. The van der Waals surface area contributed by atoms with Gasteiger partial charge in [-0.2, -0.15) is 0 Å². The molecule has 0 amide bonds. The van der Waals surface area contributed by atoms with Gasteiger partial charge in [-0.1, -0.05) is 12.1 Å². The molecule has 2 aliphatic heterocycles. The number of carbonyl (C=O) groups is 2. The lowest BCUT2D eigenvalue weighted by atomic mass is 9.83. The molecular weight excluding hydrogens is 353 g/mol. The first-order chi connectivity index (χ1) is 13.0. The van der Waals surface area contributed by atoms with E-state index in [-0.39, 0.29) is 17.3 Å². The van der Waals surface area contributed by atoms with Crippen molar-refractivity contribution in [2.45, 2.75) is 24.9 Å². The van der Waals surface area contributed by atoms with Crippen LogP contribution in [0.4, 0.5) is 4.39 Å². The number of hydrogen-bond donors (Lipinski definition) is 0. The Balaban J connectivity index is 2.03. The lowest BCUT2D eigenvalue weighted by Crippen LogP contribution is -2.32. The second-order valence-corrected chi connectivity index (χ2v) is 6.47. The highest BCUT2D eigenvalue weighted by Gasteiger charge is 2.36. The summed E-state index contributed by atoms with van der Waals surface area (Å²) >= 11 is 0. The third kappa shape index (κ3) is 4.19. The van der Waals surface area contributed by atoms with Gasteiger partial charge in [0.2, 0.25) is 0 Å². The van der Waals surface area contributed by atoms with E-state index < -0.39 is 23.7 Å². The molecular formula is C20H22FNO5. The molecule has 3 rings (SSSR count). The summed E-state index contributed by atoms with van der Waals surface area (Å²) in [6.07, 6.45) is 5.17. The Kier molecular flexibility index (Phi) is 5.91. The fourth-order valence-corrected chi connectivity index (χ4v) is 3.46. The molecule has 2 heterocycles. The molecule has 1 aromatic rings. The summed E-state index contributed by atoms with van der Waals surface area (Å²) in [5, 5.41) is 0. The summed E-state index contributed by atoms with van der Waals surface area (Å²) in [7, 11) is 2.54. The zero-order chi connectivity index (χ0) is 19.4. The highest BCUT2D eigenvalue weighted by molar-refractivity contribution is 5.98. The Hall–Kier alpha value is -2.67. The number of nitrogens with zero attached hydrogens (tertiary/aromatic N) is 1. The summed E-state index contributed by atoms with van der Waals surface area (Å²) in [5.41, 5.74) is 0.952. The van der Waals surface area contributed by atoms with Gasteiger partial charge in [-0.3, -0.25) is 0 Å². The quantitative estimate of drug-likeness (QED) is 0.737. The van der Waals surface area contributed by atoms with Crippen LogP contribution in [0.1, 0.15) is 24.3 Å². The normalized spacial score (nSPS) is 20.1. The van der Waals surface area contributed by atoms with Crippen molar-refractivity contribution in [1.82, 2.24) is 4.90 Å². The number of methoxy groups -OCH3 is 2. The molecule has 0 unspecified atom stereocenters. The summed E-state index contributed by atoms with van der Waals surface area (Å²) < 4.78 is 29.3. The van der Waals surface area contributed by atoms with Crippen molar-refractivity contribution in [3.05, 3.63) is 59.2 Å². The van der Waals surface area contributed by atoms with Crippen LogP contribution in [0.15, 0.2) is 47.8 Å². The van der Waals surface area contributed by atoms with Gasteiger partial charge in [-0.25, -0.2) is 14.0 Å². The second-order valence-electron chi connectivity index (χ2n) is 6.47. The zero-order valence-corrected chi connectivity index (χ0v) is 15.3. The van der Waals surface area contributed by atoms with Crippen molar-refractivity contribution in [3.8, 4) is 0 Å². The van der Waals surface area contributed by atoms with E-state index in [0.29, 0.717) is 18.7 Å². The van der Waals surface area contributed by atoms with Crippen LogP contribution in [-0.2, 0) is 23.8 Å². The number of ether oxygens (including phenoxy) is 3. The van der Waals surface area contributed by atoms with Crippen molar-refractivity contribution >= 4 is 11.9 Å². The van der Waals surface area contributed by atoms with Crippen molar-refractivity contribution in [2.24, 2.45) is 0 Å². The fraction of sp³-hybridized carbons (Fsp3) is 0.400. The minimum Gasteiger partial charge on any atom is -0.466 e. The molecule has 6 nitrogen and oxygen atoms in total. The van der Waals surface area contributed by atoms with E-state index in [2.05, 4.69) is 0 Å². The molecule has 27 heavy (non-hydrogen) atoms. The molecule has 1 fully saturated rings. The van der Waals surface area contributed by atoms with E-state index in [1.165, 1.54) is 32.4 Å². The lowest BCUT2D eigenvalue weighted by Gasteiger charge is -2.31. The molecule has 1 atom stereocenters. The highest BCUT2D eigenvalue weighted by Crippen LogP contribution is 2.37. The van der Waals surface area contributed by atoms with Crippen molar-refractivity contribution in [3.63, 3.8) is 0 Å². The van der Waals surface area contributed by atoms with Crippen LogP contribution >= 0.6 is 0 Å². The van der Waals surface area contributed by atoms with Gasteiger partial charge in [0.1, 0.15) is 5.82 Å². The van der Waals surface area contributed by atoms with Crippen LogP contribution in [0.25, 0.3) is 0 Å². The molecule has 1 saturated heterocycles. The molecule has 7 heteroatoms. The standard InChI is InChI=1S/C20H22FNO5/c1-25-19(23)16-11-22(10-15-7-4-8-27-15)12-17(20(24)26-2)18(16)13-5-3-6-14(21)9-13/h3,5-6,9,11-12,15,18H,4,7-8,10H2,1-2H3/t15-/m0/s1. The number of benzene rings is 1. The molecule has 0 spiro atoms. The third-order valence-electron chi connectivity index (χ3n) is 4.69. The molecule has 0 aliphatic carbocycles. The van der Waals surface area contributed by atoms with Crippen molar-refractivity contribution in [2.75, 3.05) is 27.4 Å². The Morgan fingerprint density at radius 1 is 1.19 bits per heavy atom. The van der Waals surface area contributed by atoms with Crippen LogP contribution in [0, 0.1) is 5.82 Å². The topological polar surface area (TPSA) is 65.1 Å². The fourth-order valence-electron chi connectivity index (χ4n) is 3.46. The van der Waals surface area contributed by atoms with Crippen LogP contribution in [-0.4, -0.2) is 50.3 Å². The molecule has 0 bridgehead atoms. The van der Waals surface area contributed by atoms with Crippen LogP contribution in [0.2, 0.25) is 0 Å². The smallest absolute Gasteiger partial charge is 0.336 e. The number of rotatable bonds is 5. The molecule has 0 saturated carbocycles. The predicted molar refractivity (Wildman–Crippen MR) is 95.0 cm³/mol. The van der Waals surface area contributed by atoms with Gasteiger partial charge in [-0.05, 0) is 30.5 Å². The van der Waals surface area contributed by atoms with Gasteiger partial charge in [0, 0.05) is 25.6 Å². The molecule has 0 aromatic heterocycles. The lowest BCUT2D eigenvalue weighted by molar-refractivity contribution is -0.137. The van der Waals surface area contributed by atoms with Gasteiger partial charge < -0.3 is 19.1 Å². The Morgan fingerprint density at radius 2 is 1.85 bits per heavy atom. The SMILES string of the molecule is COC(=O)C1=CN(C[C@@H]2CCCO2)C=C(C(=O)OC)C1c1cccc(F)c1. The van der Waals surface area contributed by atoms with Gasteiger partial charge in [0.15, 0.2) is 0 Å². The minimum atomic E-state index is -0.777.